The quantitative estimate of drug-likeness (QED) is 0.694. The molecule has 0 N–H and O–H groups in total. The predicted octanol–water partition coefficient (Wildman–Crippen LogP) is 3.89. The molecule has 128 valence electrons. The molecule has 0 radical (unpaired) electrons. The molecular weight excluding hydrogens is 346 g/mol. The first kappa shape index (κ1) is 16.0. The number of rotatable bonds is 2. The summed E-state index contributed by atoms with van der Waals surface area (Å²) in [6.07, 6.45) is 2.08. The van der Waals surface area contributed by atoms with Crippen molar-refractivity contribution in [3.8, 4) is 0 Å². The molecule has 25 heavy (non-hydrogen) atoms. The summed E-state index contributed by atoms with van der Waals surface area (Å²) in [7, 11) is 0. The first-order valence-electron chi connectivity index (χ1n) is 7.97. The van der Waals surface area contributed by atoms with Crippen LogP contribution in [-0.2, 0) is 0 Å². The van der Waals surface area contributed by atoms with Gasteiger partial charge in [-0.25, -0.2) is 13.8 Å². The Balaban J connectivity index is 1.55. The van der Waals surface area contributed by atoms with Crippen molar-refractivity contribution in [1.82, 2.24) is 9.97 Å². The van der Waals surface area contributed by atoms with E-state index in [0.29, 0.717) is 31.2 Å². The van der Waals surface area contributed by atoms with E-state index >= 15 is 0 Å². The van der Waals surface area contributed by atoms with Crippen LogP contribution in [0, 0.1) is 11.6 Å². The zero-order chi connectivity index (χ0) is 17.4. The molecule has 2 aromatic heterocycles. The number of halogens is 3. The Morgan fingerprint density at radius 1 is 0.880 bits per heavy atom. The molecule has 0 amide bonds. The molecule has 1 aromatic carbocycles. The van der Waals surface area contributed by atoms with Crippen molar-refractivity contribution in [3.63, 3.8) is 0 Å². The lowest BCUT2D eigenvalue weighted by molar-refractivity contribution is 0.548. The molecule has 1 aliphatic rings. The van der Waals surface area contributed by atoms with Gasteiger partial charge in [0.1, 0.15) is 11.5 Å². The van der Waals surface area contributed by atoms with E-state index in [4.69, 9.17) is 11.6 Å². The zero-order valence-corrected chi connectivity index (χ0v) is 14.0. The number of anilines is 2. The number of hydrogen-bond acceptors (Lipinski definition) is 4. The van der Waals surface area contributed by atoms with E-state index in [1.165, 1.54) is 0 Å². The number of aromatic nitrogens is 2. The van der Waals surface area contributed by atoms with Crippen molar-refractivity contribution in [1.29, 1.82) is 0 Å². The van der Waals surface area contributed by atoms with E-state index in [1.54, 1.807) is 4.90 Å². The van der Waals surface area contributed by atoms with E-state index in [1.807, 2.05) is 30.3 Å². The van der Waals surface area contributed by atoms with Crippen LogP contribution in [0.1, 0.15) is 0 Å². The minimum Gasteiger partial charge on any atom is -0.363 e. The van der Waals surface area contributed by atoms with Gasteiger partial charge in [0.25, 0.3) is 0 Å². The summed E-state index contributed by atoms with van der Waals surface area (Å²) in [5, 5.41) is 1.59. The number of para-hydroxylation sites is 1. The van der Waals surface area contributed by atoms with Crippen LogP contribution >= 0.6 is 11.6 Å². The summed E-state index contributed by atoms with van der Waals surface area (Å²) >= 11 is 6.23. The molecule has 7 heteroatoms. The molecule has 4 rings (SSSR count). The van der Waals surface area contributed by atoms with Crippen LogP contribution < -0.4 is 9.80 Å². The van der Waals surface area contributed by atoms with Crippen LogP contribution in [0.15, 0.2) is 42.7 Å². The second kappa shape index (κ2) is 6.44. The molecule has 1 saturated heterocycles. The van der Waals surface area contributed by atoms with Gasteiger partial charge in [0.15, 0.2) is 11.6 Å². The summed E-state index contributed by atoms with van der Waals surface area (Å²) in [6, 6.07) is 9.60. The highest BCUT2D eigenvalue weighted by atomic mass is 35.5. The molecule has 3 aromatic rings. The summed E-state index contributed by atoms with van der Waals surface area (Å²) in [4.78, 5) is 12.0. The van der Waals surface area contributed by atoms with Crippen LogP contribution in [0.3, 0.4) is 0 Å². The maximum atomic E-state index is 13.9. The van der Waals surface area contributed by atoms with Crippen LogP contribution in [0.2, 0.25) is 5.02 Å². The lowest BCUT2D eigenvalue weighted by Crippen LogP contribution is -2.47. The molecule has 0 atom stereocenters. The highest BCUT2D eigenvalue weighted by molar-refractivity contribution is 6.35. The summed E-state index contributed by atoms with van der Waals surface area (Å²) in [5.74, 6) is -0.455. The van der Waals surface area contributed by atoms with Crippen molar-refractivity contribution in [2.24, 2.45) is 0 Å². The number of piperazine rings is 1. The van der Waals surface area contributed by atoms with Gasteiger partial charge in [-0.2, -0.15) is 0 Å². The predicted molar refractivity (Wildman–Crippen MR) is 95.3 cm³/mol. The van der Waals surface area contributed by atoms with Gasteiger partial charge in [0.05, 0.1) is 22.9 Å². The number of hydrogen-bond donors (Lipinski definition) is 0. The van der Waals surface area contributed by atoms with Gasteiger partial charge in [-0.3, -0.25) is 4.98 Å². The van der Waals surface area contributed by atoms with Gasteiger partial charge in [-0.05, 0) is 18.2 Å². The van der Waals surface area contributed by atoms with Crippen molar-refractivity contribution >= 4 is 34.0 Å². The monoisotopic (exact) mass is 360 g/mol. The van der Waals surface area contributed by atoms with Crippen LogP contribution in [0.5, 0.6) is 0 Å². The van der Waals surface area contributed by atoms with Gasteiger partial charge in [0, 0.05) is 31.6 Å². The van der Waals surface area contributed by atoms with E-state index in [-0.39, 0.29) is 5.69 Å². The van der Waals surface area contributed by atoms with Crippen molar-refractivity contribution in [3.05, 3.63) is 59.4 Å². The van der Waals surface area contributed by atoms with Crippen molar-refractivity contribution in [2.45, 2.75) is 0 Å². The second-order valence-corrected chi connectivity index (χ2v) is 6.31. The Kier molecular flexibility index (Phi) is 4.13. The van der Waals surface area contributed by atoms with Gasteiger partial charge < -0.3 is 9.80 Å². The van der Waals surface area contributed by atoms with Gasteiger partial charge >= 0.3 is 0 Å². The number of pyridine rings is 2. The Morgan fingerprint density at radius 3 is 2.28 bits per heavy atom. The minimum atomic E-state index is -0.635. The molecule has 0 saturated carbocycles. The third-order valence-corrected chi connectivity index (χ3v) is 4.71. The second-order valence-electron chi connectivity index (χ2n) is 5.91. The van der Waals surface area contributed by atoms with Gasteiger partial charge in [-0.15, -0.1) is 0 Å². The Bertz CT molecular complexity index is 906. The Morgan fingerprint density at radius 2 is 1.56 bits per heavy atom. The molecule has 0 bridgehead atoms. The Hall–Kier alpha value is -2.47. The van der Waals surface area contributed by atoms with Crippen LogP contribution in [0.4, 0.5) is 20.3 Å². The molecule has 0 aliphatic carbocycles. The summed E-state index contributed by atoms with van der Waals surface area (Å²) in [6.45, 7) is 2.23. The highest BCUT2D eigenvalue weighted by Crippen LogP contribution is 2.27. The largest absolute Gasteiger partial charge is 0.363 e. The fraction of sp³-hybridized carbons (Fsp3) is 0.222. The number of nitrogens with zero attached hydrogens (tertiary/aromatic N) is 4. The molecular formula is C18H15ClF2N4. The molecule has 1 fully saturated rings. The average Bonchev–Trinajstić information content (AvgIpc) is 2.62. The molecule has 0 spiro atoms. The minimum absolute atomic E-state index is 0.0100. The standard InChI is InChI=1S/C18H15ClF2N4/c19-13-3-1-2-12-4-5-16(23-17(12)13)24-6-8-25(9-7-24)18-14(20)10-22-11-15(18)21/h1-5,10-11H,6-9H2. The maximum Gasteiger partial charge on any atom is 0.167 e. The molecule has 1 aliphatic heterocycles. The third kappa shape index (κ3) is 2.98. The fourth-order valence-corrected chi connectivity index (χ4v) is 3.37. The number of fused-ring (bicyclic) bond motifs is 1. The van der Waals surface area contributed by atoms with Gasteiger partial charge in [0.2, 0.25) is 0 Å². The lowest BCUT2D eigenvalue weighted by Gasteiger charge is -2.36. The lowest BCUT2D eigenvalue weighted by atomic mass is 10.2. The van der Waals surface area contributed by atoms with Crippen molar-refractivity contribution in [2.75, 3.05) is 36.0 Å². The van der Waals surface area contributed by atoms with E-state index < -0.39 is 11.6 Å². The molecule has 4 nitrogen and oxygen atoms in total. The van der Waals surface area contributed by atoms with Crippen molar-refractivity contribution < 1.29 is 8.78 Å². The molecule has 3 heterocycles. The van der Waals surface area contributed by atoms with Crippen LogP contribution in [-0.4, -0.2) is 36.1 Å². The highest BCUT2D eigenvalue weighted by Gasteiger charge is 2.23. The molecule has 0 unspecified atom stereocenters. The maximum absolute atomic E-state index is 13.9. The summed E-state index contributed by atoms with van der Waals surface area (Å²) < 4.78 is 27.8. The third-order valence-electron chi connectivity index (χ3n) is 4.40. The van der Waals surface area contributed by atoms with Crippen LogP contribution in [0.25, 0.3) is 10.9 Å². The smallest absolute Gasteiger partial charge is 0.167 e. The number of benzene rings is 1. The fourth-order valence-electron chi connectivity index (χ4n) is 3.14. The Labute approximate surface area is 148 Å². The zero-order valence-electron chi connectivity index (χ0n) is 13.3. The van der Waals surface area contributed by atoms with E-state index in [2.05, 4.69) is 14.9 Å². The SMILES string of the molecule is Fc1cncc(F)c1N1CCN(c2ccc3cccc(Cl)c3n2)CC1. The topological polar surface area (TPSA) is 32.3 Å². The average molecular weight is 361 g/mol. The normalized spacial score (nSPS) is 15.0. The van der Waals surface area contributed by atoms with E-state index in [9.17, 15) is 8.78 Å². The first-order chi connectivity index (χ1) is 12.1. The van der Waals surface area contributed by atoms with E-state index in [0.717, 1.165) is 29.1 Å². The van der Waals surface area contributed by atoms with Gasteiger partial charge in [-0.1, -0.05) is 23.7 Å². The summed E-state index contributed by atoms with van der Waals surface area (Å²) in [5.41, 5.74) is 0.750. The first-order valence-corrected chi connectivity index (χ1v) is 8.35.